The van der Waals surface area contributed by atoms with Gasteiger partial charge in [-0.3, -0.25) is 4.79 Å². The Morgan fingerprint density at radius 1 is 0.889 bits per heavy atom. The Morgan fingerprint density at radius 2 is 1.38 bits per heavy atom. The van der Waals surface area contributed by atoms with Gasteiger partial charge in [-0.15, -0.1) is 0 Å². The highest BCUT2D eigenvalue weighted by atomic mass is 35.5. The van der Waals surface area contributed by atoms with Gasteiger partial charge in [-0.25, -0.2) is 23.1 Å². The summed E-state index contributed by atoms with van der Waals surface area (Å²) in [7, 11) is -8.25. The van der Waals surface area contributed by atoms with E-state index in [1.165, 1.54) is 12.1 Å². The van der Waals surface area contributed by atoms with Gasteiger partial charge in [0, 0.05) is 11.1 Å². The summed E-state index contributed by atoms with van der Waals surface area (Å²) in [6, 6.07) is 6.28. The third kappa shape index (κ3) is 10.3. The molecule has 1 aromatic carbocycles. The fourth-order valence-electron chi connectivity index (χ4n) is 3.64. The number of primary amides is 1. The predicted octanol–water partition coefficient (Wildman–Crippen LogP) is 7.19. The van der Waals surface area contributed by atoms with Gasteiger partial charge in [-0.1, -0.05) is 65.3 Å². The molecule has 1 amide bonds. The second kappa shape index (κ2) is 13.3. The van der Waals surface area contributed by atoms with Crippen molar-refractivity contribution in [3.63, 3.8) is 0 Å². The molecule has 14 heteroatoms. The monoisotopic (exact) mass is 699 g/mol. The predicted molar refractivity (Wildman–Crippen MR) is 189 cm³/mol. The van der Waals surface area contributed by atoms with Crippen molar-refractivity contribution >= 4 is 50.0 Å². The number of carbonyl (C=O) groups is 1. The molecule has 0 aliphatic rings. The van der Waals surface area contributed by atoms with Crippen molar-refractivity contribution in [3.05, 3.63) is 35.1 Å². The number of aromatic nitrogens is 2. The number of benzene rings is 1. The number of rotatable bonds is 12. The van der Waals surface area contributed by atoms with Gasteiger partial charge >= 0.3 is 0 Å². The molecule has 2 aromatic rings. The Kier molecular flexibility index (Phi) is 11.6. The minimum Gasteiger partial charge on any atom is -0.414 e. The van der Waals surface area contributed by atoms with Crippen LogP contribution in [-0.4, -0.2) is 65.2 Å². The van der Waals surface area contributed by atoms with E-state index in [0.29, 0.717) is 18.8 Å². The average Bonchev–Trinajstić information content (AvgIpc) is 2.84. The van der Waals surface area contributed by atoms with Crippen LogP contribution in [0.4, 0.5) is 5.82 Å². The topological polar surface area (TPSA) is 146 Å². The van der Waals surface area contributed by atoms with Crippen molar-refractivity contribution in [2.75, 3.05) is 18.5 Å². The van der Waals surface area contributed by atoms with Gasteiger partial charge in [0.2, 0.25) is 10.0 Å². The molecule has 0 spiro atoms. The summed E-state index contributed by atoms with van der Waals surface area (Å²) in [5.74, 6) is -0.618. The van der Waals surface area contributed by atoms with Crippen LogP contribution in [0.3, 0.4) is 0 Å². The number of amides is 1. The summed E-state index contributed by atoms with van der Waals surface area (Å²) in [5.41, 5.74) is 4.47. The number of nitrogens with zero attached hydrogens (tertiary/aromatic N) is 2. The highest BCUT2D eigenvalue weighted by Crippen LogP contribution is 2.40. The lowest BCUT2D eigenvalue weighted by Gasteiger charge is -2.43. The van der Waals surface area contributed by atoms with E-state index in [-0.39, 0.29) is 37.3 Å². The Bertz CT molecular complexity index is 1470. The Labute approximate surface area is 277 Å². The second-order valence-electron chi connectivity index (χ2n) is 16.1. The molecule has 10 nitrogen and oxygen atoms in total. The van der Waals surface area contributed by atoms with E-state index in [2.05, 4.69) is 87.7 Å². The maximum absolute atomic E-state index is 13.2. The van der Waals surface area contributed by atoms with Crippen molar-refractivity contribution in [1.29, 1.82) is 0 Å². The standard InChI is InChI=1S/C31H54ClN5O5SSi2/c1-28(2,3)37-43(39,40)22-17-15-16-21(18-22)23-27(35-25(32)24(34-23)26(33)38)36-31(10,19-41-44(11,12)29(4,5)6)20-42-45(13,14)30(7,8)9/h15-18,37H,19-20H2,1-14H3,(H2,33,38)(H,35,36). The molecule has 0 fully saturated rings. The Morgan fingerprint density at radius 3 is 1.80 bits per heavy atom. The first-order valence-electron chi connectivity index (χ1n) is 15.1. The number of hydrogen-bond acceptors (Lipinski definition) is 8. The molecule has 45 heavy (non-hydrogen) atoms. The molecule has 0 bridgehead atoms. The number of nitrogens with two attached hydrogens (primary N) is 1. The van der Waals surface area contributed by atoms with Gasteiger partial charge in [0.15, 0.2) is 33.3 Å². The van der Waals surface area contributed by atoms with E-state index in [1.807, 2.05) is 6.92 Å². The quantitative estimate of drug-likeness (QED) is 0.198. The van der Waals surface area contributed by atoms with Crippen LogP contribution in [0.15, 0.2) is 29.2 Å². The van der Waals surface area contributed by atoms with Crippen LogP contribution >= 0.6 is 11.6 Å². The maximum atomic E-state index is 13.2. The number of carbonyl (C=O) groups excluding carboxylic acids is 1. The van der Waals surface area contributed by atoms with E-state index < -0.39 is 43.6 Å². The van der Waals surface area contributed by atoms with E-state index in [4.69, 9.17) is 26.2 Å². The molecule has 1 heterocycles. The zero-order chi connectivity index (χ0) is 35.0. The van der Waals surface area contributed by atoms with E-state index in [0.717, 1.165) is 0 Å². The fraction of sp³-hybridized carbons (Fsp3) is 0.645. The number of anilines is 1. The zero-order valence-corrected chi connectivity index (χ0v) is 33.1. The van der Waals surface area contributed by atoms with Crippen LogP contribution in [0.2, 0.25) is 41.4 Å². The highest BCUT2D eigenvalue weighted by molar-refractivity contribution is 7.89. The lowest BCUT2D eigenvalue weighted by molar-refractivity contribution is 0.0995. The van der Waals surface area contributed by atoms with Gasteiger partial charge in [0.25, 0.3) is 5.91 Å². The number of hydrogen-bond donors (Lipinski definition) is 3. The first-order chi connectivity index (χ1) is 20.0. The smallest absolute Gasteiger partial charge is 0.270 e. The fourth-order valence-corrected chi connectivity index (χ4v) is 7.55. The SMILES string of the molecule is CC(C)(C)NS(=O)(=O)c1cccc(-c2nc(C(N)=O)c(Cl)nc2NC(C)(CO[Si](C)(C)C(C)(C)C)CO[Si](C)(C)C(C)(C)C)c1. The van der Waals surface area contributed by atoms with Gasteiger partial charge < -0.3 is 19.9 Å². The highest BCUT2D eigenvalue weighted by Gasteiger charge is 2.42. The van der Waals surface area contributed by atoms with Crippen LogP contribution in [-0.2, 0) is 18.9 Å². The van der Waals surface area contributed by atoms with Crippen LogP contribution in [0.5, 0.6) is 0 Å². The van der Waals surface area contributed by atoms with Crippen LogP contribution < -0.4 is 15.8 Å². The van der Waals surface area contributed by atoms with Gasteiger partial charge in [-0.2, -0.15) is 0 Å². The van der Waals surface area contributed by atoms with Crippen molar-refractivity contribution in [1.82, 2.24) is 14.7 Å². The summed E-state index contributed by atoms with van der Waals surface area (Å²) in [6.07, 6.45) is 0. The summed E-state index contributed by atoms with van der Waals surface area (Å²) < 4.78 is 42.5. The number of halogens is 1. The summed E-state index contributed by atoms with van der Waals surface area (Å²) >= 11 is 6.44. The zero-order valence-electron chi connectivity index (χ0n) is 29.5. The minimum absolute atomic E-state index is 0.0291. The van der Waals surface area contributed by atoms with Gasteiger partial charge in [0.05, 0.1) is 23.6 Å². The maximum Gasteiger partial charge on any atom is 0.270 e. The van der Waals surface area contributed by atoms with E-state index >= 15 is 0 Å². The molecular weight excluding hydrogens is 646 g/mol. The van der Waals surface area contributed by atoms with Crippen LogP contribution in [0.1, 0.15) is 79.7 Å². The normalized spacial score (nSPS) is 14.0. The molecule has 0 saturated carbocycles. The van der Waals surface area contributed by atoms with Crippen molar-refractivity contribution < 1.29 is 22.1 Å². The summed E-state index contributed by atoms with van der Waals surface area (Å²) in [6.45, 7) is 29.7. The molecule has 4 N–H and O–H groups in total. The third-order valence-electron chi connectivity index (χ3n) is 8.48. The van der Waals surface area contributed by atoms with Gasteiger partial charge in [0.1, 0.15) is 5.69 Å². The molecule has 0 aliphatic carbocycles. The first-order valence-corrected chi connectivity index (χ1v) is 22.8. The van der Waals surface area contributed by atoms with Crippen molar-refractivity contribution in [2.24, 2.45) is 5.73 Å². The average molecular weight is 700 g/mol. The van der Waals surface area contributed by atoms with E-state index in [9.17, 15) is 13.2 Å². The largest absolute Gasteiger partial charge is 0.414 e. The second-order valence-corrected chi connectivity index (χ2v) is 27.8. The molecular formula is C31H54ClN5O5SSi2. The number of sulfonamides is 1. The van der Waals surface area contributed by atoms with Gasteiger partial charge in [-0.05, 0) is 76.1 Å². The molecule has 0 aliphatic heterocycles. The molecule has 0 unspecified atom stereocenters. The summed E-state index contributed by atoms with van der Waals surface area (Å²) in [5, 5.41) is 3.26. The first kappa shape index (κ1) is 39.3. The molecule has 1 aromatic heterocycles. The van der Waals surface area contributed by atoms with E-state index in [1.54, 1.807) is 32.9 Å². The van der Waals surface area contributed by atoms with Crippen LogP contribution in [0, 0.1) is 0 Å². The molecule has 2 rings (SSSR count). The summed E-state index contributed by atoms with van der Waals surface area (Å²) in [4.78, 5) is 21.3. The molecule has 254 valence electrons. The molecule has 0 atom stereocenters. The minimum atomic E-state index is -3.88. The lowest BCUT2D eigenvalue weighted by atomic mass is 10.0. The number of nitrogens with one attached hydrogen (secondary N) is 2. The molecule has 0 saturated heterocycles. The molecule has 0 radical (unpaired) electrons. The Hall–Kier alpha value is -1.88. The third-order valence-corrected chi connectivity index (χ3v) is 19.5. The van der Waals surface area contributed by atoms with Crippen LogP contribution in [0.25, 0.3) is 11.3 Å². The van der Waals surface area contributed by atoms with Crippen molar-refractivity contribution in [2.45, 2.75) is 121 Å². The van der Waals surface area contributed by atoms with Crippen molar-refractivity contribution in [3.8, 4) is 11.3 Å². The Balaban J connectivity index is 2.73. The lowest BCUT2D eigenvalue weighted by Crippen LogP contribution is -2.53.